The maximum absolute atomic E-state index is 11.9. The van der Waals surface area contributed by atoms with Gasteiger partial charge in [0.1, 0.15) is 4.21 Å². The van der Waals surface area contributed by atoms with Gasteiger partial charge in [-0.25, -0.2) is 13.6 Å². The van der Waals surface area contributed by atoms with Crippen LogP contribution in [0.4, 0.5) is 0 Å². The lowest BCUT2D eigenvalue weighted by atomic mass is 10.1. The number of carbonyl (C=O) groups is 1. The van der Waals surface area contributed by atoms with Crippen LogP contribution >= 0.6 is 23.1 Å². The Kier molecular flexibility index (Phi) is 4.12. The molecule has 2 N–H and O–H groups in total. The van der Waals surface area contributed by atoms with Gasteiger partial charge in [-0.1, -0.05) is 0 Å². The molecule has 1 atom stereocenters. The van der Waals surface area contributed by atoms with E-state index in [4.69, 9.17) is 9.88 Å². The Morgan fingerprint density at radius 2 is 2.28 bits per heavy atom. The standard InChI is InChI=1S/C10H13NO4S3/c1-15-3-2-6-4-8(12)7-5-9(18(11,13)14)17-10(7)16-6/h5-6H,2-4H2,1H3,(H2,11,13,14). The van der Waals surface area contributed by atoms with E-state index in [-0.39, 0.29) is 15.2 Å². The lowest BCUT2D eigenvalue weighted by Gasteiger charge is -2.19. The molecule has 0 fully saturated rings. The van der Waals surface area contributed by atoms with E-state index >= 15 is 0 Å². The normalized spacial score (nSPS) is 19.9. The van der Waals surface area contributed by atoms with Crippen molar-refractivity contribution in [2.45, 2.75) is 26.5 Å². The molecular formula is C10H13NO4S3. The molecule has 0 saturated heterocycles. The number of thioether (sulfide) groups is 1. The summed E-state index contributed by atoms with van der Waals surface area (Å²) >= 11 is 2.61. The van der Waals surface area contributed by atoms with Gasteiger partial charge in [0, 0.05) is 31.0 Å². The van der Waals surface area contributed by atoms with Crippen LogP contribution in [0.25, 0.3) is 0 Å². The Bertz CT molecular complexity index is 564. The van der Waals surface area contributed by atoms with Gasteiger partial charge < -0.3 is 4.74 Å². The molecule has 0 bridgehead atoms. The zero-order valence-corrected chi connectivity index (χ0v) is 12.2. The summed E-state index contributed by atoms with van der Waals surface area (Å²) in [5, 5.41) is 5.22. The highest BCUT2D eigenvalue weighted by atomic mass is 32.3. The van der Waals surface area contributed by atoms with E-state index in [0.29, 0.717) is 18.6 Å². The van der Waals surface area contributed by atoms with Crippen molar-refractivity contribution >= 4 is 38.9 Å². The van der Waals surface area contributed by atoms with Gasteiger partial charge in [-0.05, 0) is 12.5 Å². The smallest absolute Gasteiger partial charge is 0.247 e. The summed E-state index contributed by atoms with van der Waals surface area (Å²) in [6.07, 6.45) is 1.19. The maximum Gasteiger partial charge on any atom is 0.247 e. The van der Waals surface area contributed by atoms with Crippen LogP contribution in [-0.4, -0.2) is 33.2 Å². The first-order valence-electron chi connectivity index (χ1n) is 5.27. The number of fused-ring (bicyclic) bond motifs is 1. The molecule has 0 aromatic carbocycles. The fraction of sp³-hybridized carbons (Fsp3) is 0.500. The minimum Gasteiger partial charge on any atom is -0.385 e. The number of methoxy groups -OCH3 is 1. The summed E-state index contributed by atoms with van der Waals surface area (Å²) in [6, 6.07) is 1.39. The highest BCUT2D eigenvalue weighted by Gasteiger charge is 2.29. The molecule has 8 heteroatoms. The number of thiophene rings is 1. The van der Waals surface area contributed by atoms with Gasteiger partial charge >= 0.3 is 0 Å². The molecule has 1 aromatic rings. The Morgan fingerprint density at radius 1 is 1.56 bits per heavy atom. The van der Waals surface area contributed by atoms with Crippen molar-refractivity contribution in [1.29, 1.82) is 0 Å². The van der Waals surface area contributed by atoms with Crippen LogP contribution in [0.3, 0.4) is 0 Å². The summed E-state index contributed by atoms with van der Waals surface area (Å²) in [5.41, 5.74) is 0.489. The predicted molar refractivity (Wildman–Crippen MR) is 70.8 cm³/mol. The first-order chi connectivity index (χ1) is 8.41. The minimum absolute atomic E-state index is 0.0176. The van der Waals surface area contributed by atoms with Crippen molar-refractivity contribution in [1.82, 2.24) is 0 Å². The monoisotopic (exact) mass is 307 g/mol. The van der Waals surface area contributed by atoms with E-state index < -0.39 is 10.0 Å². The van der Waals surface area contributed by atoms with E-state index in [2.05, 4.69) is 0 Å². The van der Waals surface area contributed by atoms with Crippen molar-refractivity contribution in [3.8, 4) is 0 Å². The number of sulfonamides is 1. The fourth-order valence-electron chi connectivity index (χ4n) is 1.69. The quantitative estimate of drug-likeness (QED) is 0.910. The number of hydrogen-bond donors (Lipinski definition) is 1. The predicted octanol–water partition coefficient (Wildman–Crippen LogP) is 1.48. The second kappa shape index (κ2) is 5.30. The molecular weight excluding hydrogens is 294 g/mol. The Morgan fingerprint density at radius 3 is 2.89 bits per heavy atom. The average Bonchev–Trinajstić information content (AvgIpc) is 2.70. The molecule has 1 aromatic heterocycles. The topological polar surface area (TPSA) is 86.5 Å². The SMILES string of the molecule is COCCC1CC(=O)c2cc(S(N)(=O)=O)sc2S1. The molecule has 2 heterocycles. The van der Waals surface area contributed by atoms with Gasteiger partial charge in [0.2, 0.25) is 10.0 Å². The average molecular weight is 307 g/mol. The summed E-state index contributed by atoms with van der Waals surface area (Å²) < 4.78 is 28.3. The number of rotatable bonds is 4. The van der Waals surface area contributed by atoms with Crippen molar-refractivity contribution in [2.24, 2.45) is 5.14 Å². The molecule has 5 nitrogen and oxygen atoms in total. The van der Waals surface area contributed by atoms with Crippen molar-refractivity contribution < 1.29 is 17.9 Å². The highest BCUT2D eigenvalue weighted by Crippen LogP contribution is 2.42. The molecule has 0 radical (unpaired) electrons. The fourth-order valence-corrected chi connectivity index (χ4v) is 5.41. The second-order valence-electron chi connectivity index (χ2n) is 3.96. The molecule has 1 aliphatic rings. The molecule has 0 spiro atoms. The zero-order chi connectivity index (χ0) is 13.3. The van der Waals surface area contributed by atoms with E-state index in [0.717, 1.165) is 22.0 Å². The minimum atomic E-state index is -3.73. The van der Waals surface area contributed by atoms with Gasteiger partial charge in [-0.15, -0.1) is 23.1 Å². The third kappa shape index (κ3) is 2.94. The molecule has 1 unspecified atom stereocenters. The number of nitrogens with two attached hydrogens (primary N) is 1. The van der Waals surface area contributed by atoms with Crippen LogP contribution in [-0.2, 0) is 14.8 Å². The number of hydrogen-bond acceptors (Lipinski definition) is 6. The summed E-state index contributed by atoms with van der Waals surface area (Å²) in [5.74, 6) is -0.0176. The molecule has 100 valence electrons. The van der Waals surface area contributed by atoms with E-state index in [1.165, 1.54) is 17.8 Å². The lowest BCUT2D eigenvalue weighted by Crippen LogP contribution is -2.17. The van der Waals surface area contributed by atoms with Crippen LogP contribution in [0.1, 0.15) is 23.2 Å². The van der Waals surface area contributed by atoms with Crippen LogP contribution in [0.5, 0.6) is 0 Å². The van der Waals surface area contributed by atoms with E-state index in [1.807, 2.05) is 0 Å². The van der Waals surface area contributed by atoms with Crippen LogP contribution in [0.15, 0.2) is 14.5 Å². The lowest BCUT2D eigenvalue weighted by molar-refractivity contribution is 0.0972. The largest absolute Gasteiger partial charge is 0.385 e. The first kappa shape index (κ1) is 14.0. The Labute approximate surface area is 114 Å². The molecule has 2 rings (SSSR count). The van der Waals surface area contributed by atoms with E-state index in [9.17, 15) is 13.2 Å². The van der Waals surface area contributed by atoms with Gasteiger partial charge in [-0.3, -0.25) is 4.79 Å². The summed E-state index contributed by atoms with van der Waals surface area (Å²) in [4.78, 5) is 11.9. The number of Topliss-reactive ketones (excluding diaryl/α,β-unsaturated/α-hetero) is 1. The summed E-state index contributed by atoms with van der Waals surface area (Å²) in [6.45, 7) is 0.591. The maximum atomic E-state index is 11.9. The Hall–Kier alpha value is -0.410. The second-order valence-corrected chi connectivity index (χ2v) is 8.37. The molecule has 0 saturated carbocycles. The van der Waals surface area contributed by atoms with Crippen molar-refractivity contribution in [3.63, 3.8) is 0 Å². The van der Waals surface area contributed by atoms with Crippen molar-refractivity contribution in [2.75, 3.05) is 13.7 Å². The van der Waals surface area contributed by atoms with E-state index in [1.54, 1.807) is 7.11 Å². The van der Waals surface area contributed by atoms with Crippen LogP contribution in [0, 0.1) is 0 Å². The highest BCUT2D eigenvalue weighted by molar-refractivity contribution is 8.02. The van der Waals surface area contributed by atoms with Gasteiger partial charge in [0.05, 0.1) is 4.21 Å². The summed E-state index contributed by atoms with van der Waals surface area (Å²) in [7, 11) is -2.11. The Balaban J connectivity index is 2.25. The van der Waals surface area contributed by atoms with Crippen molar-refractivity contribution in [3.05, 3.63) is 11.6 Å². The molecule has 1 aliphatic heterocycles. The molecule has 0 amide bonds. The first-order valence-corrected chi connectivity index (χ1v) is 8.51. The zero-order valence-electron chi connectivity index (χ0n) is 9.71. The van der Waals surface area contributed by atoms with Crippen LogP contribution < -0.4 is 5.14 Å². The van der Waals surface area contributed by atoms with Crippen LogP contribution in [0.2, 0.25) is 0 Å². The number of carbonyl (C=O) groups excluding carboxylic acids is 1. The molecule has 0 aliphatic carbocycles. The van der Waals surface area contributed by atoms with Gasteiger partial charge in [0.25, 0.3) is 0 Å². The third-order valence-corrected chi connectivity index (χ3v) is 6.65. The molecule has 18 heavy (non-hydrogen) atoms. The van der Waals surface area contributed by atoms with Gasteiger partial charge in [0.15, 0.2) is 5.78 Å². The third-order valence-electron chi connectivity index (χ3n) is 2.59. The number of ether oxygens (including phenoxy) is 1. The number of ketones is 1. The number of primary sulfonamides is 1. The van der Waals surface area contributed by atoms with Gasteiger partial charge in [-0.2, -0.15) is 0 Å².